The Bertz CT molecular complexity index is 355. The molecule has 0 bridgehead atoms. The Morgan fingerprint density at radius 2 is 2.06 bits per heavy atom. The number of anilines is 1. The zero-order valence-corrected chi connectivity index (χ0v) is 11.8. The fourth-order valence-corrected chi connectivity index (χ4v) is 2.02. The molecule has 0 aliphatic carbocycles. The molecule has 0 aliphatic heterocycles. The quantitative estimate of drug-likeness (QED) is 0.837. The lowest BCUT2D eigenvalue weighted by molar-refractivity contribution is 0.495. The monoisotopic (exact) mass is 288 g/mol. The summed E-state index contributed by atoms with van der Waals surface area (Å²) < 4.78 is 14.3. The van der Waals surface area contributed by atoms with Crippen molar-refractivity contribution in [3.05, 3.63) is 22.6 Å². The minimum Gasteiger partial charge on any atom is -0.355 e. The average molecular weight is 289 g/mol. The fraction of sp³-hybridized carbons (Fsp3) is 0.583. The molecule has 1 rings (SSSR count). The Morgan fingerprint density at radius 3 is 2.56 bits per heavy atom. The number of aromatic nitrogens is 1. The summed E-state index contributed by atoms with van der Waals surface area (Å²) in [5.41, 5.74) is 0. The summed E-state index contributed by atoms with van der Waals surface area (Å²) in [5, 5.41) is 0. The molecule has 0 saturated heterocycles. The van der Waals surface area contributed by atoms with Crippen LogP contribution < -0.4 is 4.90 Å². The first-order valence-corrected chi connectivity index (χ1v) is 6.25. The van der Waals surface area contributed by atoms with E-state index in [1.54, 1.807) is 6.20 Å². The van der Waals surface area contributed by atoms with Gasteiger partial charge in [-0.3, -0.25) is 0 Å². The van der Waals surface area contributed by atoms with E-state index in [1.165, 1.54) is 6.07 Å². The molecule has 1 atom stereocenters. The van der Waals surface area contributed by atoms with Crippen molar-refractivity contribution in [1.82, 2.24) is 4.98 Å². The summed E-state index contributed by atoms with van der Waals surface area (Å²) >= 11 is 3.20. The van der Waals surface area contributed by atoms with Crippen LogP contribution in [-0.2, 0) is 0 Å². The first-order chi connectivity index (χ1) is 7.41. The van der Waals surface area contributed by atoms with Gasteiger partial charge >= 0.3 is 0 Å². The van der Waals surface area contributed by atoms with Gasteiger partial charge in [0.05, 0.1) is 0 Å². The number of nitrogens with zero attached hydrogens (tertiary/aromatic N) is 2. The van der Waals surface area contributed by atoms with Gasteiger partial charge in [-0.25, -0.2) is 9.37 Å². The lowest BCUT2D eigenvalue weighted by Gasteiger charge is -2.27. The molecule has 0 aromatic carbocycles. The second-order valence-corrected chi connectivity index (χ2v) is 5.46. The van der Waals surface area contributed by atoms with Crippen LogP contribution in [0.25, 0.3) is 0 Å². The Hall–Kier alpha value is -0.640. The lowest BCUT2D eigenvalue weighted by atomic mass is 10.0. The third-order valence-electron chi connectivity index (χ3n) is 2.60. The maximum atomic E-state index is 13.7. The molecule has 1 aromatic heterocycles. The second kappa shape index (κ2) is 5.62. The third kappa shape index (κ3) is 3.44. The van der Waals surface area contributed by atoms with E-state index in [0.717, 1.165) is 6.42 Å². The van der Waals surface area contributed by atoms with Crippen molar-refractivity contribution in [3.8, 4) is 0 Å². The molecule has 0 fully saturated rings. The molecular formula is C12H18BrFN2. The molecule has 2 nitrogen and oxygen atoms in total. The van der Waals surface area contributed by atoms with Crippen LogP contribution in [0.3, 0.4) is 0 Å². The highest BCUT2D eigenvalue weighted by molar-refractivity contribution is 9.10. The summed E-state index contributed by atoms with van der Waals surface area (Å²) in [6.45, 7) is 6.41. The van der Waals surface area contributed by atoms with E-state index in [4.69, 9.17) is 0 Å². The fourth-order valence-electron chi connectivity index (χ4n) is 1.72. The number of halogens is 2. The third-order valence-corrected chi connectivity index (χ3v) is 3.03. The normalized spacial score (nSPS) is 12.9. The zero-order valence-electron chi connectivity index (χ0n) is 10.2. The van der Waals surface area contributed by atoms with E-state index >= 15 is 0 Å². The van der Waals surface area contributed by atoms with Crippen molar-refractivity contribution in [2.45, 2.75) is 33.2 Å². The minimum absolute atomic E-state index is 0.281. The minimum atomic E-state index is -0.285. The maximum absolute atomic E-state index is 13.7. The summed E-state index contributed by atoms with van der Waals surface area (Å²) in [4.78, 5) is 6.00. The Labute approximate surface area is 105 Å². The van der Waals surface area contributed by atoms with Gasteiger partial charge in [-0.2, -0.15) is 0 Å². The lowest BCUT2D eigenvalue weighted by Crippen LogP contribution is -2.31. The van der Waals surface area contributed by atoms with E-state index in [-0.39, 0.29) is 11.9 Å². The van der Waals surface area contributed by atoms with Crippen LogP contribution in [-0.4, -0.2) is 18.1 Å². The molecule has 0 N–H and O–H groups in total. The highest BCUT2D eigenvalue weighted by Gasteiger charge is 2.16. The number of hydrogen-bond donors (Lipinski definition) is 0. The molecule has 0 aliphatic rings. The van der Waals surface area contributed by atoms with Crippen molar-refractivity contribution in [3.63, 3.8) is 0 Å². The van der Waals surface area contributed by atoms with E-state index in [9.17, 15) is 4.39 Å². The van der Waals surface area contributed by atoms with Crippen molar-refractivity contribution in [2.24, 2.45) is 5.92 Å². The van der Waals surface area contributed by atoms with Crippen LogP contribution in [0.5, 0.6) is 0 Å². The van der Waals surface area contributed by atoms with Crippen molar-refractivity contribution in [1.29, 1.82) is 0 Å². The number of rotatable bonds is 4. The predicted molar refractivity (Wildman–Crippen MR) is 69.2 cm³/mol. The van der Waals surface area contributed by atoms with Gasteiger partial charge in [0.15, 0.2) is 11.6 Å². The smallest absolute Gasteiger partial charge is 0.166 e. The Morgan fingerprint density at radius 1 is 1.44 bits per heavy atom. The number of pyridine rings is 1. The van der Waals surface area contributed by atoms with Crippen LogP contribution in [0.4, 0.5) is 10.2 Å². The van der Waals surface area contributed by atoms with Crippen LogP contribution in [0.15, 0.2) is 16.7 Å². The van der Waals surface area contributed by atoms with Gasteiger partial charge in [-0.15, -0.1) is 0 Å². The maximum Gasteiger partial charge on any atom is 0.166 e. The summed E-state index contributed by atoms with van der Waals surface area (Å²) in [5.74, 6) is 0.722. The van der Waals surface area contributed by atoms with Gasteiger partial charge in [0.2, 0.25) is 0 Å². The Kier molecular flexibility index (Phi) is 4.71. The van der Waals surface area contributed by atoms with Gasteiger partial charge in [-0.05, 0) is 41.3 Å². The molecular weight excluding hydrogens is 271 g/mol. The molecule has 1 unspecified atom stereocenters. The van der Waals surface area contributed by atoms with Crippen molar-refractivity contribution in [2.75, 3.05) is 11.9 Å². The summed E-state index contributed by atoms with van der Waals surface area (Å²) in [6, 6.07) is 1.73. The van der Waals surface area contributed by atoms with Gasteiger partial charge in [0.25, 0.3) is 0 Å². The van der Waals surface area contributed by atoms with E-state index < -0.39 is 0 Å². The largest absolute Gasteiger partial charge is 0.355 e. The van der Waals surface area contributed by atoms with E-state index in [0.29, 0.717) is 16.2 Å². The van der Waals surface area contributed by atoms with Crippen LogP contribution in [0.1, 0.15) is 27.2 Å². The van der Waals surface area contributed by atoms with Crippen molar-refractivity contribution < 1.29 is 4.39 Å². The van der Waals surface area contributed by atoms with E-state index in [2.05, 4.69) is 41.7 Å². The molecule has 16 heavy (non-hydrogen) atoms. The molecule has 0 amide bonds. The molecule has 0 saturated carbocycles. The first kappa shape index (κ1) is 13.4. The second-order valence-electron chi connectivity index (χ2n) is 4.55. The van der Waals surface area contributed by atoms with Gasteiger partial charge in [0.1, 0.15) is 0 Å². The molecule has 90 valence electrons. The molecule has 1 heterocycles. The predicted octanol–water partition coefficient (Wildman–Crippen LogP) is 3.85. The SMILES string of the molecule is CC(C)CC(C)N(C)c1ncc(Br)cc1F. The van der Waals surface area contributed by atoms with Crippen LogP contribution >= 0.6 is 15.9 Å². The zero-order chi connectivity index (χ0) is 12.3. The topological polar surface area (TPSA) is 16.1 Å². The summed E-state index contributed by atoms with van der Waals surface area (Å²) in [7, 11) is 1.88. The highest BCUT2D eigenvalue weighted by atomic mass is 79.9. The molecule has 4 heteroatoms. The van der Waals surface area contributed by atoms with Crippen LogP contribution in [0, 0.1) is 11.7 Å². The Balaban J connectivity index is 2.83. The molecule has 0 radical (unpaired) electrons. The van der Waals surface area contributed by atoms with Crippen molar-refractivity contribution >= 4 is 21.7 Å². The highest BCUT2D eigenvalue weighted by Crippen LogP contribution is 2.22. The van der Waals surface area contributed by atoms with Crippen LogP contribution in [0.2, 0.25) is 0 Å². The first-order valence-electron chi connectivity index (χ1n) is 5.45. The summed E-state index contributed by atoms with van der Waals surface area (Å²) in [6.07, 6.45) is 2.64. The average Bonchev–Trinajstić information content (AvgIpc) is 2.15. The van der Waals surface area contributed by atoms with Gasteiger partial charge in [0, 0.05) is 23.8 Å². The molecule has 1 aromatic rings. The number of hydrogen-bond acceptors (Lipinski definition) is 2. The van der Waals surface area contributed by atoms with Gasteiger partial charge < -0.3 is 4.90 Å². The molecule has 0 spiro atoms. The van der Waals surface area contributed by atoms with Gasteiger partial charge in [-0.1, -0.05) is 13.8 Å². The standard InChI is InChI=1S/C12H18BrFN2/c1-8(2)5-9(3)16(4)12-11(14)6-10(13)7-15-12/h6-9H,5H2,1-4H3. The van der Waals surface area contributed by atoms with E-state index in [1.807, 2.05) is 11.9 Å².